The normalized spacial score (nSPS) is 10.2. The van der Waals surface area contributed by atoms with Gasteiger partial charge in [-0.3, -0.25) is 0 Å². The monoisotopic (exact) mass is 280 g/mol. The quantitative estimate of drug-likeness (QED) is 0.875. The summed E-state index contributed by atoms with van der Waals surface area (Å²) in [7, 11) is 0. The second-order valence-electron chi connectivity index (χ2n) is 3.79. The van der Waals surface area contributed by atoms with Gasteiger partial charge >= 0.3 is 5.97 Å². The van der Waals surface area contributed by atoms with Crippen LogP contribution in [0.4, 0.5) is 4.39 Å². The topological polar surface area (TPSA) is 46.5 Å². The number of para-hydroxylation sites is 1. The number of hydrogen-bond acceptors (Lipinski definition) is 3. The molecule has 0 aliphatic heterocycles. The van der Waals surface area contributed by atoms with Gasteiger partial charge in [-0.2, -0.15) is 0 Å². The van der Waals surface area contributed by atoms with Crippen molar-refractivity contribution in [3.8, 4) is 5.75 Å². The van der Waals surface area contributed by atoms with Gasteiger partial charge in [-0.1, -0.05) is 29.8 Å². The molecule has 2 rings (SSSR count). The van der Waals surface area contributed by atoms with Crippen LogP contribution in [0.2, 0.25) is 5.02 Å². The number of aromatic hydroxyl groups is 1. The van der Waals surface area contributed by atoms with Gasteiger partial charge < -0.3 is 9.84 Å². The van der Waals surface area contributed by atoms with Crippen LogP contribution in [-0.2, 0) is 11.3 Å². The molecule has 2 aromatic rings. The predicted molar refractivity (Wildman–Crippen MR) is 68.6 cm³/mol. The van der Waals surface area contributed by atoms with Gasteiger partial charge in [0.15, 0.2) is 0 Å². The highest BCUT2D eigenvalue weighted by Crippen LogP contribution is 2.22. The number of phenols is 1. The van der Waals surface area contributed by atoms with Gasteiger partial charge in [-0.25, -0.2) is 9.18 Å². The molecule has 3 nitrogen and oxygen atoms in total. The zero-order chi connectivity index (χ0) is 13.8. The van der Waals surface area contributed by atoms with E-state index in [1.54, 1.807) is 12.1 Å². The van der Waals surface area contributed by atoms with Crippen LogP contribution in [0.25, 0.3) is 0 Å². The molecule has 0 saturated carbocycles. The fourth-order valence-electron chi connectivity index (χ4n) is 1.53. The Hall–Kier alpha value is -2.07. The molecule has 0 radical (unpaired) electrons. The van der Waals surface area contributed by atoms with E-state index in [0.717, 1.165) is 0 Å². The number of benzene rings is 2. The number of phenolic OH excluding ortho intramolecular Hbond substituents is 1. The molecule has 0 amide bonds. The molecule has 0 fully saturated rings. The first-order chi connectivity index (χ1) is 9.09. The van der Waals surface area contributed by atoms with Crippen molar-refractivity contribution in [3.63, 3.8) is 0 Å². The van der Waals surface area contributed by atoms with Gasteiger partial charge in [-0.05, 0) is 24.3 Å². The summed E-state index contributed by atoms with van der Waals surface area (Å²) >= 11 is 5.81. The first-order valence-electron chi connectivity index (χ1n) is 5.47. The third kappa shape index (κ3) is 3.03. The maximum absolute atomic E-state index is 13.5. The molecule has 0 aliphatic carbocycles. The van der Waals surface area contributed by atoms with Crippen molar-refractivity contribution in [2.45, 2.75) is 6.61 Å². The number of carbonyl (C=O) groups is 1. The van der Waals surface area contributed by atoms with Gasteiger partial charge in [0.25, 0.3) is 0 Å². The smallest absolute Gasteiger partial charge is 0.342 e. The van der Waals surface area contributed by atoms with Crippen LogP contribution in [0.15, 0.2) is 42.5 Å². The molecule has 0 heterocycles. The predicted octanol–water partition coefficient (Wildman–Crippen LogP) is 3.54. The lowest BCUT2D eigenvalue weighted by Crippen LogP contribution is -2.06. The van der Waals surface area contributed by atoms with E-state index in [1.807, 2.05) is 0 Å². The van der Waals surface area contributed by atoms with Gasteiger partial charge in [0, 0.05) is 5.56 Å². The van der Waals surface area contributed by atoms with E-state index < -0.39 is 11.8 Å². The molecule has 0 unspecified atom stereocenters. The lowest BCUT2D eigenvalue weighted by molar-refractivity contribution is 0.0466. The number of esters is 1. The molecule has 5 heteroatoms. The largest absolute Gasteiger partial charge is 0.507 e. The SMILES string of the molecule is O=C(OCc1c(F)cccc1Cl)c1ccccc1O. The number of halogens is 2. The second-order valence-corrected chi connectivity index (χ2v) is 4.20. The molecular formula is C14H10ClFO3. The summed E-state index contributed by atoms with van der Waals surface area (Å²) in [5, 5.41) is 9.67. The minimum Gasteiger partial charge on any atom is -0.507 e. The average molecular weight is 281 g/mol. The fraction of sp³-hybridized carbons (Fsp3) is 0.0714. The van der Waals surface area contributed by atoms with Gasteiger partial charge in [0.05, 0.1) is 5.02 Å². The van der Waals surface area contributed by atoms with E-state index in [-0.39, 0.29) is 28.5 Å². The highest BCUT2D eigenvalue weighted by molar-refractivity contribution is 6.31. The highest BCUT2D eigenvalue weighted by atomic mass is 35.5. The van der Waals surface area contributed by atoms with Gasteiger partial charge in [0.1, 0.15) is 23.7 Å². The van der Waals surface area contributed by atoms with E-state index in [0.29, 0.717) is 0 Å². The Morgan fingerprint density at radius 2 is 1.95 bits per heavy atom. The Balaban J connectivity index is 2.11. The summed E-state index contributed by atoms with van der Waals surface area (Å²) in [4.78, 5) is 11.7. The number of hydrogen-bond donors (Lipinski definition) is 1. The van der Waals surface area contributed by atoms with Crippen molar-refractivity contribution in [1.82, 2.24) is 0 Å². The molecule has 1 N–H and O–H groups in total. The number of carbonyl (C=O) groups excluding carboxylic acids is 1. The second kappa shape index (κ2) is 5.71. The maximum atomic E-state index is 13.5. The van der Waals surface area contributed by atoms with Crippen molar-refractivity contribution in [3.05, 3.63) is 64.4 Å². The summed E-state index contributed by atoms with van der Waals surface area (Å²) in [6, 6.07) is 10.2. The van der Waals surface area contributed by atoms with E-state index in [1.165, 1.54) is 30.3 Å². The van der Waals surface area contributed by atoms with Crippen molar-refractivity contribution < 1.29 is 19.0 Å². The lowest BCUT2D eigenvalue weighted by Gasteiger charge is -2.08. The zero-order valence-electron chi connectivity index (χ0n) is 9.77. The Bertz CT molecular complexity index is 593. The Labute approximate surface area is 114 Å². The van der Waals surface area contributed by atoms with Crippen LogP contribution in [0.1, 0.15) is 15.9 Å². The number of ether oxygens (including phenoxy) is 1. The molecule has 0 bridgehead atoms. The zero-order valence-corrected chi connectivity index (χ0v) is 10.5. The van der Waals surface area contributed by atoms with Crippen LogP contribution in [0.5, 0.6) is 5.75 Å². The summed E-state index contributed by atoms with van der Waals surface area (Å²) in [5.74, 6) is -1.47. The van der Waals surface area contributed by atoms with Crippen molar-refractivity contribution in [1.29, 1.82) is 0 Å². The summed E-state index contributed by atoms with van der Waals surface area (Å²) < 4.78 is 18.4. The third-order valence-corrected chi connectivity index (χ3v) is 2.89. The third-order valence-electron chi connectivity index (χ3n) is 2.53. The average Bonchev–Trinajstić information content (AvgIpc) is 2.38. The van der Waals surface area contributed by atoms with Crippen LogP contribution in [0, 0.1) is 5.82 Å². The molecule has 98 valence electrons. The van der Waals surface area contributed by atoms with Crippen molar-refractivity contribution >= 4 is 17.6 Å². The van der Waals surface area contributed by atoms with Crippen LogP contribution in [0.3, 0.4) is 0 Å². The van der Waals surface area contributed by atoms with Gasteiger partial charge in [-0.15, -0.1) is 0 Å². The van der Waals surface area contributed by atoms with E-state index in [9.17, 15) is 14.3 Å². The van der Waals surface area contributed by atoms with Crippen LogP contribution < -0.4 is 0 Å². The maximum Gasteiger partial charge on any atom is 0.342 e. The highest BCUT2D eigenvalue weighted by Gasteiger charge is 2.14. The van der Waals surface area contributed by atoms with Crippen molar-refractivity contribution in [2.75, 3.05) is 0 Å². The summed E-state index contributed by atoms with van der Waals surface area (Å²) in [6.45, 7) is -0.293. The molecule has 0 saturated heterocycles. The van der Waals surface area contributed by atoms with E-state index in [2.05, 4.69) is 0 Å². The lowest BCUT2D eigenvalue weighted by atomic mass is 10.2. The Morgan fingerprint density at radius 1 is 1.21 bits per heavy atom. The summed E-state index contributed by atoms with van der Waals surface area (Å²) in [6.07, 6.45) is 0. The van der Waals surface area contributed by atoms with Gasteiger partial charge in [0.2, 0.25) is 0 Å². The Kier molecular flexibility index (Phi) is 4.02. The van der Waals surface area contributed by atoms with E-state index >= 15 is 0 Å². The molecule has 0 aliphatic rings. The Morgan fingerprint density at radius 3 is 2.63 bits per heavy atom. The number of rotatable bonds is 3. The van der Waals surface area contributed by atoms with Crippen molar-refractivity contribution in [2.24, 2.45) is 0 Å². The minimum atomic E-state index is -0.739. The van der Waals surface area contributed by atoms with Crippen LogP contribution >= 0.6 is 11.6 Å². The molecule has 2 aromatic carbocycles. The molecule has 0 aromatic heterocycles. The molecule has 0 spiro atoms. The van der Waals surface area contributed by atoms with Crippen LogP contribution in [-0.4, -0.2) is 11.1 Å². The first kappa shape index (κ1) is 13.4. The fourth-order valence-corrected chi connectivity index (χ4v) is 1.75. The molecule has 0 atom stereocenters. The first-order valence-corrected chi connectivity index (χ1v) is 5.85. The summed E-state index contributed by atoms with van der Waals surface area (Å²) in [5.41, 5.74) is 0.128. The molecular weight excluding hydrogens is 271 g/mol. The van der Waals surface area contributed by atoms with E-state index in [4.69, 9.17) is 16.3 Å². The minimum absolute atomic E-state index is 0.0231. The standard InChI is InChI=1S/C14H10ClFO3/c15-11-5-3-6-12(16)10(11)8-19-14(18)9-4-1-2-7-13(9)17/h1-7,17H,8H2. The molecule has 19 heavy (non-hydrogen) atoms.